The second-order valence-corrected chi connectivity index (χ2v) is 9.81. The smallest absolute Gasteiger partial charge is 0.229 e. The average molecular weight is 520 g/mol. The van der Waals surface area contributed by atoms with Gasteiger partial charge in [-0.25, -0.2) is 28.7 Å². The summed E-state index contributed by atoms with van der Waals surface area (Å²) >= 11 is 0. The summed E-state index contributed by atoms with van der Waals surface area (Å²) in [6.07, 6.45) is 6.93. The molecule has 0 radical (unpaired) electrons. The Morgan fingerprint density at radius 2 is 1.92 bits per heavy atom. The second kappa shape index (κ2) is 10.4. The second-order valence-electron chi connectivity index (χ2n) is 9.81. The van der Waals surface area contributed by atoms with Crippen molar-refractivity contribution >= 4 is 22.8 Å². The third-order valence-corrected chi connectivity index (χ3v) is 6.93. The van der Waals surface area contributed by atoms with Crippen LogP contribution in [0.2, 0.25) is 0 Å². The highest BCUT2D eigenvalue weighted by atomic mass is 19.1. The van der Waals surface area contributed by atoms with E-state index >= 15 is 0 Å². The lowest BCUT2D eigenvalue weighted by molar-refractivity contribution is 0.115. The molecule has 0 fully saturated rings. The van der Waals surface area contributed by atoms with E-state index in [1.807, 2.05) is 37.6 Å². The standard InChI is InChI=1S/C28H31F2N7O/c1-5-36-10-8-18(9-11-36)27(38)19-6-7-24(31-14-19)34-28-32-15-22(30)25(35-28)20-12-21(29)26-23(13-20)37(16(2)3)17(4)33-26/h6-8,10,12-16,18,27,38H,5,9,11H2,1-4H3,(H,31,32,34,35)/t18?,27-/m0/s1. The summed E-state index contributed by atoms with van der Waals surface area (Å²) < 4.78 is 31.7. The number of aryl methyl sites for hydroxylation is 1. The number of anilines is 2. The summed E-state index contributed by atoms with van der Waals surface area (Å²) in [5.41, 5.74) is 1.77. The van der Waals surface area contributed by atoms with Crippen molar-refractivity contribution in [1.29, 1.82) is 0 Å². The number of rotatable bonds is 7. The molecule has 10 heteroatoms. The van der Waals surface area contributed by atoms with E-state index in [2.05, 4.69) is 37.1 Å². The predicted octanol–water partition coefficient (Wildman–Crippen LogP) is 5.69. The molecule has 1 aliphatic rings. The SMILES string of the molecule is CCN1C=CC([C@H](O)c2ccc(Nc3ncc(F)c(-c4cc(F)c5nc(C)n(C(C)C)c5c4)n3)nc2)CC1. The molecular formula is C28H31F2N7O. The van der Waals surface area contributed by atoms with Gasteiger partial charge in [0.15, 0.2) is 11.6 Å². The minimum Gasteiger partial charge on any atom is -0.388 e. The van der Waals surface area contributed by atoms with Crippen molar-refractivity contribution in [1.82, 2.24) is 29.4 Å². The first kappa shape index (κ1) is 25.7. The number of hydrogen-bond donors (Lipinski definition) is 2. The molecular weight excluding hydrogens is 488 g/mol. The lowest BCUT2D eigenvalue weighted by Gasteiger charge is -2.29. The van der Waals surface area contributed by atoms with Crippen LogP contribution >= 0.6 is 0 Å². The first-order valence-electron chi connectivity index (χ1n) is 12.8. The molecule has 0 amide bonds. The number of aromatic nitrogens is 5. The number of halogens is 2. The van der Waals surface area contributed by atoms with Crippen LogP contribution < -0.4 is 5.32 Å². The molecule has 1 aromatic carbocycles. The number of nitrogens with one attached hydrogen (secondary N) is 1. The van der Waals surface area contributed by atoms with Crippen molar-refractivity contribution in [2.75, 3.05) is 18.4 Å². The summed E-state index contributed by atoms with van der Waals surface area (Å²) in [5, 5.41) is 13.8. The highest BCUT2D eigenvalue weighted by molar-refractivity contribution is 5.83. The van der Waals surface area contributed by atoms with Crippen LogP contribution in [-0.2, 0) is 0 Å². The minimum atomic E-state index is -0.671. The average Bonchev–Trinajstić information content (AvgIpc) is 3.26. The van der Waals surface area contributed by atoms with E-state index in [0.717, 1.165) is 25.7 Å². The lowest BCUT2D eigenvalue weighted by Crippen LogP contribution is -2.26. The van der Waals surface area contributed by atoms with Crippen LogP contribution in [0.25, 0.3) is 22.3 Å². The zero-order chi connectivity index (χ0) is 27.0. The van der Waals surface area contributed by atoms with E-state index in [0.29, 0.717) is 22.7 Å². The van der Waals surface area contributed by atoms with E-state index < -0.39 is 17.7 Å². The van der Waals surface area contributed by atoms with E-state index in [1.165, 1.54) is 6.07 Å². The number of benzene rings is 1. The third-order valence-electron chi connectivity index (χ3n) is 6.93. The molecule has 1 unspecified atom stereocenters. The third kappa shape index (κ3) is 4.96. The molecule has 38 heavy (non-hydrogen) atoms. The van der Waals surface area contributed by atoms with Gasteiger partial charge in [-0.2, -0.15) is 0 Å². The Morgan fingerprint density at radius 3 is 2.58 bits per heavy atom. The van der Waals surface area contributed by atoms with Crippen LogP contribution in [0.1, 0.15) is 50.7 Å². The Balaban J connectivity index is 1.38. The zero-order valence-electron chi connectivity index (χ0n) is 21.9. The van der Waals surface area contributed by atoms with Gasteiger partial charge in [0.25, 0.3) is 0 Å². The molecule has 2 N–H and O–H groups in total. The molecule has 198 valence electrons. The molecule has 3 aromatic heterocycles. The Labute approximate surface area is 220 Å². The molecule has 8 nitrogen and oxygen atoms in total. The molecule has 4 heterocycles. The van der Waals surface area contributed by atoms with E-state index in [9.17, 15) is 13.9 Å². The van der Waals surface area contributed by atoms with Gasteiger partial charge < -0.3 is 19.9 Å². The quantitative estimate of drug-likeness (QED) is 0.324. The van der Waals surface area contributed by atoms with Gasteiger partial charge in [0, 0.05) is 36.8 Å². The van der Waals surface area contributed by atoms with Gasteiger partial charge in [0.2, 0.25) is 5.95 Å². The highest BCUT2D eigenvalue weighted by Gasteiger charge is 2.22. The Morgan fingerprint density at radius 1 is 1.11 bits per heavy atom. The van der Waals surface area contributed by atoms with Crippen LogP contribution in [0.5, 0.6) is 0 Å². The molecule has 4 aromatic rings. The Bertz CT molecular complexity index is 1480. The Hall–Kier alpha value is -3.92. The van der Waals surface area contributed by atoms with Gasteiger partial charge in [0.1, 0.15) is 22.9 Å². The van der Waals surface area contributed by atoms with Crippen molar-refractivity contribution < 1.29 is 13.9 Å². The van der Waals surface area contributed by atoms with Crippen LogP contribution in [0, 0.1) is 24.5 Å². The van der Waals surface area contributed by atoms with Crippen LogP contribution in [0.4, 0.5) is 20.5 Å². The number of aliphatic hydroxyl groups excluding tert-OH is 1. The maximum Gasteiger partial charge on any atom is 0.229 e. The number of hydrogen-bond acceptors (Lipinski definition) is 7. The van der Waals surface area contributed by atoms with Gasteiger partial charge in [-0.3, -0.25) is 0 Å². The molecule has 0 bridgehead atoms. The van der Waals surface area contributed by atoms with Gasteiger partial charge >= 0.3 is 0 Å². The van der Waals surface area contributed by atoms with Crippen molar-refractivity contribution in [2.45, 2.75) is 46.3 Å². The fourth-order valence-corrected chi connectivity index (χ4v) is 4.95. The van der Waals surface area contributed by atoms with E-state index in [4.69, 9.17) is 0 Å². The van der Waals surface area contributed by atoms with Gasteiger partial charge in [-0.1, -0.05) is 12.1 Å². The van der Waals surface area contributed by atoms with Crippen molar-refractivity contribution in [2.24, 2.45) is 5.92 Å². The van der Waals surface area contributed by atoms with Crippen LogP contribution in [0.15, 0.2) is 48.9 Å². The minimum absolute atomic E-state index is 0.0231. The summed E-state index contributed by atoms with van der Waals surface area (Å²) in [6, 6.07) is 6.49. The number of aliphatic hydroxyl groups is 1. The molecule has 1 aliphatic heterocycles. The molecule has 5 rings (SSSR count). The van der Waals surface area contributed by atoms with E-state index in [-0.39, 0.29) is 34.7 Å². The van der Waals surface area contributed by atoms with Gasteiger partial charge in [-0.15, -0.1) is 0 Å². The maximum atomic E-state index is 14.9. The molecule has 2 atom stereocenters. The lowest BCUT2D eigenvalue weighted by atomic mass is 9.92. The van der Waals surface area contributed by atoms with Crippen molar-refractivity contribution in [3.8, 4) is 11.3 Å². The monoisotopic (exact) mass is 519 g/mol. The number of fused-ring (bicyclic) bond motifs is 1. The van der Waals surface area contributed by atoms with Gasteiger partial charge in [0.05, 0.1) is 17.8 Å². The van der Waals surface area contributed by atoms with Crippen LogP contribution in [0.3, 0.4) is 0 Å². The molecule has 0 aliphatic carbocycles. The van der Waals surface area contributed by atoms with Crippen LogP contribution in [-0.4, -0.2) is 47.6 Å². The molecule has 0 saturated heterocycles. The van der Waals surface area contributed by atoms with E-state index in [1.54, 1.807) is 24.4 Å². The maximum absolute atomic E-state index is 14.9. The van der Waals surface area contributed by atoms with Crippen molar-refractivity contribution in [3.63, 3.8) is 0 Å². The number of imidazole rings is 1. The first-order valence-corrected chi connectivity index (χ1v) is 12.8. The Kier molecular flexibility index (Phi) is 7.07. The largest absolute Gasteiger partial charge is 0.388 e. The summed E-state index contributed by atoms with van der Waals surface area (Å²) in [6.45, 7) is 9.73. The zero-order valence-corrected chi connectivity index (χ0v) is 21.9. The number of pyridine rings is 1. The van der Waals surface area contributed by atoms with Crippen molar-refractivity contribution in [3.05, 3.63) is 72.0 Å². The summed E-state index contributed by atoms with van der Waals surface area (Å²) in [7, 11) is 0. The first-order chi connectivity index (χ1) is 18.2. The molecule has 0 spiro atoms. The topological polar surface area (TPSA) is 92.0 Å². The normalized spacial score (nSPS) is 16.4. The summed E-state index contributed by atoms with van der Waals surface area (Å²) in [4.78, 5) is 19.3. The fraction of sp³-hybridized carbons (Fsp3) is 0.357. The fourth-order valence-electron chi connectivity index (χ4n) is 4.95. The molecule has 0 saturated carbocycles. The highest BCUT2D eigenvalue weighted by Crippen LogP contribution is 2.31. The number of nitrogens with zero attached hydrogens (tertiary/aromatic N) is 6. The predicted molar refractivity (Wildman–Crippen MR) is 143 cm³/mol. The van der Waals surface area contributed by atoms with Gasteiger partial charge in [-0.05, 0) is 64.1 Å². The summed E-state index contributed by atoms with van der Waals surface area (Å²) in [5.74, 6) is 0.0403.